The molecule has 3 rings (SSSR count). The Morgan fingerprint density at radius 3 is 2.69 bits per heavy atom. The highest BCUT2D eigenvalue weighted by molar-refractivity contribution is 8.00. The highest BCUT2D eigenvalue weighted by atomic mass is 32.2. The van der Waals surface area contributed by atoms with E-state index in [4.69, 9.17) is 4.42 Å². The number of halogens is 2. The lowest BCUT2D eigenvalue weighted by atomic mass is 10.2. The van der Waals surface area contributed by atoms with Crippen LogP contribution in [0.2, 0.25) is 0 Å². The van der Waals surface area contributed by atoms with E-state index in [1.165, 1.54) is 6.07 Å². The van der Waals surface area contributed by atoms with Crippen LogP contribution in [0.15, 0.2) is 58.2 Å². The summed E-state index contributed by atoms with van der Waals surface area (Å²) in [5, 5.41) is 9.93. The molecule has 5 nitrogen and oxygen atoms in total. The first-order valence-corrected chi connectivity index (χ1v) is 8.68. The van der Waals surface area contributed by atoms with Crippen molar-refractivity contribution in [3.8, 4) is 0 Å². The van der Waals surface area contributed by atoms with Crippen molar-refractivity contribution in [3.63, 3.8) is 0 Å². The summed E-state index contributed by atoms with van der Waals surface area (Å²) in [6.07, 6.45) is 0.496. The first-order valence-electron chi connectivity index (χ1n) is 7.80. The minimum absolute atomic E-state index is 0.0841. The van der Waals surface area contributed by atoms with E-state index in [-0.39, 0.29) is 10.9 Å². The van der Waals surface area contributed by atoms with Crippen LogP contribution < -0.4 is 5.32 Å². The van der Waals surface area contributed by atoms with Gasteiger partial charge in [-0.25, -0.2) is 8.78 Å². The van der Waals surface area contributed by atoms with Crippen LogP contribution in [0.4, 0.5) is 14.5 Å². The highest BCUT2D eigenvalue weighted by Gasteiger charge is 2.19. The summed E-state index contributed by atoms with van der Waals surface area (Å²) in [6, 6.07) is 12.6. The van der Waals surface area contributed by atoms with Crippen molar-refractivity contribution in [1.29, 1.82) is 0 Å². The first kappa shape index (κ1) is 18.1. The highest BCUT2D eigenvalue weighted by Crippen LogP contribution is 2.24. The molecule has 0 aliphatic heterocycles. The van der Waals surface area contributed by atoms with Gasteiger partial charge in [-0.3, -0.25) is 4.79 Å². The minimum Gasteiger partial charge on any atom is -0.416 e. The van der Waals surface area contributed by atoms with Gasteiger partial charge < -0.3 is 9.73 Å². The third-order valence-electron chi connectivity index (χ3n) is 3.48. The van der Waals surface area contributed by atoms with E-state index >= 15 is 0 Å². The third-order valence-corrected chi connectivity index (χ3v) is 4.42. The van der Waals surface area contributed by atoms with Crippen molar-refractivity contribution in [3.05, 3.63) is 71.6 Å². The molecule has 2 aromatic carbocycles. The molecule has 3 aromatic rings. The number of thioether (sulfide) groups is 1. The molecule has 0 unspecified atom stereocenters. The monoisotopic (exact) mass is 375 g/mol. The molecule has 1 amide bonds. The van der Waals surface area contributed by atoms with Gasteiger partial charge in [-0.15, -0.1) is 10.2 Å². The maximum absolute atomic E-state index is 13.6. The minimum atomic E-state index is -0.835. The summed E-state index contributed by atoms with van der Waals surface area (Å²) in [5.41, 5.74) is 0.949. The summed E-state index contributed by atoms with van der Waals surface area (Å²) in [4.78, 5) is 12.2. The molecule has 0 bridgehead atoms. The van der Waals surface area contributed by atoms with Crippen LogP contribution in [0.5, 0.6) is 0 Å². The molecule has 26 heavy (non-hydrogen) atoms. The zero-order valence-electron chi connectivity index (χ0n) is 13.8. The molecular weight excluding hydrogens is 360 g/mol. The van der Waals surface area contributed by atoms with Crippen LogP contribution in [-0.2, 0) is 11.2 Å². The van der Waals surface area contributed by atoms with Crippen LogP contribution in [0.25, 0.3) is 0 Å². The summed E-state index contributed by atoms with van der Waals surface area (Å²) in [5.74, 6) is -1.56. The fourth-order valence-electron chi connectivity index (χ4n) is 2.16. The van der Waals surface area contributed by atoms with Crippen molar-refractivity contribution < 1.29 is 18.0 Å². The predicted molar refractivity (Wildman–Crippen MR) is 93.9 cm³/mol. The molecule has 0 aliphatic carbocycles. The smallest absolute Gasteiger partial charge is 0.277 e. The lowest BCUT2D eigenvalue weighted by Gasteiger charge is -2.10. The van der Waals surface area contributed by atoms with Crippen LogP contribution in [0.1, 0.15) is 18.4 Å². The Labute approximate surface area is 152 Å². The maximum atomic E-state index is 13.6. The molecule has 1 atom stereocenters. The van der Waals surface area contributed by atoms with Crippen molar-refractivity contribution in [2.24, 2.45) is 0 Å². The average molecular weight is 375 g/mol. The number of hydrogen-bond donors (Lipinski definition) is 1. The predicted octanol–water partition coefficient (Wildman–Crippen LogP) is 4.06. The lowest BCUT2D eigenvalue weighted by Crippen LogP contribution is -2.23. The number of aromatic nitrogens is 2. The summed E-state index contributed by atoms with van der Waals surface area (Å²) < 4.78 is 32.0. The number of rotatable bonds is 6. The standard InChI is InChI=1S/C18H15F2N3O2S/c1-11(17(24)21-15-8-7-13(19)10-14(15)20)26-18-23-22-16(25-18)9-12-5-3-2-4-6-12/h2-8,10-11H,9H2,1H3,(H,21,24)/t11-/m0/s1. The summed E-state index contributed by atoms with van der Waals surface area (Å²) in [7, 11) is 0. The summed E-state index contributed by atoms with van der Waals surface area (Å²) in [6.45, 7) is 1.63. The molecular formula is C18H15F2N3O2S. The Morgan fingerprint density at radius 2 is 1.96 bits per heavy atom. The van der Waals surface area contributed by atoms with Gasteiger partial charge in [0.15, 0.2) is 0 Å². The molecule has 0 fully saturated rings. The Bertz CT molecular complexity index is 902. The molecule has 1 N–H and O–H groups in total. The Kier molecular flexibility index (Phi) is 5.62. The molecule has 8 heteroatoms. The second kappa shape index (κ2) is 8.09. The Hall–Kier alpha value is -2.74. The molecule has 0 saturated carbocycles. The Balaban J connectivity index is 1.59. The third kappa shape index (κ3) is 4.66. The van der Waals surface area contributed by atoms with Crippen molar-refractivity contribution in [2.75, 3.05) is 5.32 Å². The fourth-order valence-corrected chi connectivity index (χ4v) is 2.86. The van der Waals surface area contributed by atoms with Crippen LogP contribution >= 0.6 is 11.8 Å². The molecule has 0 radical (unpaired) electrons. The molecule has 1 aromatic heterocycles. The largest absolute Gasteiger partial charge is 0.416 e. The van der Waals surface area contributed by atoms with Gasteiger partial charge in [0.05, 0.1) is 17.4 Å². The number of carbonyl (C=O) groups excluding carboxylic acids is 1. The van der Waals surface area contributed by atoms with Gasteiger partial charge >= 0.3 is 0 Å². The number of carbonyl (C=O) groups is 1. The Morgan fingerprint density at radius 1 is 1.19 bits per heavy atom. The van der Waals surface area contributed by atoms with Crippen LogP contribution in [0.3, 0.4) is 0 Å². The lowest BCUT2D eigenvalue weighted by molar-refractivity contribution is -0.115. The van der Waals surface area contributed by atoms with Gasteiger partial charge in [0.2, 0.25) is 11.8 Å². The van der Waals surface area contributed by atoms with Gasteiger partial charge in [0, 0.05) is 6.07 Å². The molecule has 0 spiro atoms. The van der Waals surface area contributed by atoms with Gasteiger partial charge in [-0.1, -0.05) is 42.1 Å². The second-order valence-electron chi connectivity index (χ2n) is 5.50. The molecule has 0 saturated heterocycles. The van der Waals surface area contributed by atoms with E-state index in [9.17, 15) is 13.6 Å². The van der Waals surface area contributed by atoms with E-state index in [1.807, 2.05) is 30.3 Å². The number of benzene rings is 2. The van der Waals surface area contributed by atoms with Crippen LogP contribution in [0, 0.1) is 11.6 Å². The number of anilines is 1. The van der Waals surface area contributed by atoms with E-state index in [0.717, 1.165) is 23.4 Å². The van der Waals surface area contributed by atoms with E-state index in [0.29, 0.717) is 18.4 Å². The second-order valence-corrected chi connectivity index (χ2v) is 6.79. The van der Waals surface area contributed by atoms with Crippen molar-refractivity contribution in [2.45, 2.75) is 23.8 Å². The zero-order chi connectivity index (χ0) is 18.5. The van der Waals surface area contributed by atoms with Gasteiger partial charge in [-0.05, 0) is 24.6 Å². The quantitative estimate of drug-likeness (QED) is 0.658. The van der Waals surface area contributed by atoms with Gasteiger partial charge in [-0.2, -0.15) is 0 Å². The number of nitrogens with one attached hydrogen (secondary N) is 1. The maximum Gasteiger partial charge on any atom is 0.277 e. The number of nitrogens with zero attached hydrogens (tertiary/aromatic N) is 2. The average Bonchev–Trinajstić information content (AvgIpc) is 3.05. The topological polar surface area (TPSA) is 68.0 Å². The SMILES string of the molecule is C[C@H](Sc1nnc(Cc2ccccc2)o1)C(=O)Nc1ccc(F)cc1F. The van der Waals surface area contributed by atoms with Gasteiger partial charge in [0.1, 0.15) is 11.6 Å². The normalized spacial score (nSPS) is 12.0. The fraction of sp³-hybridized carbons (Fsp3) is 0.167. The summed E-state index contributed by atoms with van der Waals surface area (Å²) >= 11 is 1.06. The van der Waals surface area contributed by atoms with E-state index in [2.05, 4.69) is 15.5 Å². The van der Waals surface area contributed by atoms with E-state index < -0.39 is 22.8 Å². The molecule has 1 heterocycles. The first-order chi connectivity index (χ1) is 12.5. The zero-order valence-corrected chi connectivity index (χ0v) is 14.6. The number of hydrogen-bond acceptors (Lipinski definition) is 5. The van der Waals surface area contributed by atoms with Crippen molar-refractivity contribution in [1.82, 2.24) is 10.2 Å². The molecule has 134 valence electrons. The van der Waals surface area contributed by atoms with Crippen LogP contribution in [-0.4, -0.2) is 21.4 Å². The number of amides is 1. The van der Waals surface area contributed by atoms with E-state index in [1.54, 1.807) is 6.92 Å². The molecule has 0 aliphatic rings. The van der Waals surface area contributed by atoms with Crippen molar-refractivity contribution >= 4 is 23.4 Å². The van der Waals surface area contributed by atoms with Gasteiger partial charge in [0.25, 0.3) is 5.22 Å².